The van der Waals surface area contributed by atoms with Gasteiger partial charge < -0.3 is 14.5 Å². The number of carbonyl (C=O) groups is 1. The molecule has 5 rings (SSSR count). The van der Waals surface area contributed by atoms with E-state index in [-0.39, 0.29) is 29.2 Å². The first-order valence-electron chi connectivity index (χ1n) is 9.78. The molecule has 160 valence electrons. The second-order valence-corrected chi connectivity index (χ2v) is 8.19. The molecule has 1 aromatic carbocycles. The summed E-state index contributed by atoms with van der Waals surface area (Å²) in [6.45, 7) is 3.59. The first-order chi connectivity index (χ1) is 14.8. The van der Waals surface area contributed by atoms with E-state index in [1.807, 2.05) is 0 Å². The van der Waals surface area contributed by atoms with Crippen LogP contribution in [0.15, 0.2) is 30.7 Å². The van der Waals surface area contributed by atoms with Gasteiger partial charge in [-0.25, -0.2) is 13.8 Å². The van der Waals surface area contributed by atoms with Crippen molar-refractivity contribution in [1.82, 2.24) is 19.6 Å². The molecule has 1 fully saturated rings. The summed E-state index contributed by atoms with van der Waals surface area (Å²) in [6, 6.07) is 3.47. The fraction of sp³-hybridized carbons (Fsp3) is 0.286. The van der Waals surface area contributed by atoms with Gasteiger partial charge in [-0.3, -0.25) is 9.89 Å². The lowest BCUT2D eigenvalue weighted by atomic mass is 10.0. The summed E-state index contributed by atoms with van der Waals surface area (Å²) in [5.41, 5.74) is 2.06. The van der Waals surface area contributed by atoms with E-state index >= 15 is 4.39 Å². The Morgan fingerprint density at radius 2 is 2.16 bits per heavy atom. The van der Waals surface area contributed by atoms with Crippen LogP contribution < -0.4 is 10.1 Å². The Morgan fingerprint density at radius 3 is 2.87 bits per heavy atom. The minimum Gasteiger partial charge on any atom is -0.486 e. The zero-order valence-electron chi connectivity index (χ0n) is 16.6. The van der Waals surface area contributed by atoms with Crippen LogP contribution in [0.5, 0.6) is 5.75 Å². The van der Waals surface area contributed by atoms with Gasteiger partial charge in [0.15, 0.2) is 17.4 Å². The maximum absolute atomic E-state index is 15.1. The number of rotatable bonds is 5. The van der Waals surface area contributed by atoms with E-state index < -0.39 is 17.9 Å². The van der Waals surface area contributed by atoms with Crippen molar-refractivity contribution in [2.24, 2.45) is 5.92 Å². The fourth-order valence-electron chi connectivity index (χ4n) is 3.57. The summed E-state index contributed by atoms with van der Waals surface area (Å²) in [5, 5.41) is 9.97. The molecule has 0 spiro atoms. The Morgan fingerprint density at radius 1 is 1.39 bits per heavy atom. The number of nitrogens with zero attached hydrogens (tertiary/aromatic N) is 3. The number of nitrogens with one attached hydrogen (secondary N) is 2. The van der Waals surface area contributed by atoms with Gasteiger partial charge in [-0.15, -0.1) is 0 Å². The van der Waals surface area contributed by atoms with E-state index in [4.69, 9.17) is 16.3 Å². The van der Waals surface area contributed by atoms with Gasteiger partial charge in [0.05, 0.1) is 29.4 Å². The van der Waals surface area contributed by atoms with Crippen LogP contribution >= 0.6 is 11.6 Å². The molecule has 0 aliphatic heterocycles. The Kier molecular flexibility index (Phi) is 4.58. The molecule has 10 heteroatoms. The predicted octanol–water partition coefficient (Wildman–Crippen LogP) is 4.75. The summed E-state index contributed by atoms with van der Waals surface area (Å²) < 4.78 is 35.5. The van der Waals surface area contributed by atoms with Gasteiger partial charge in [0, 0.05) is 22.7 Å². The second kappa shape index (κ2) is 7.19. The summed E-state index contributed by atoms with van der Waals surface area (Å²) in [5.74, 6) is -1.33. The van der Waals surface area contributed by atoms with Gasteiger partial charge in [0.2, 0.25) is 5.91 Å². The number of ether oxygens (including phenoxy) is 1. The number of carbonyl (C=O) groups excluding carboxylic acids is 1. The highest BCUT2D eigenvalue weighted by molar-refractivity contribution is 6.35. The Hall–Kier alpha value is -3.20. The summed E-state index contributed by atoms with van der Waals surface area (Å²) >= 11 is 6.42. The third-order valence-electron chi connectivity index (χ3n) is 5.14. The number of hydrogen-bond donors (Lipinski definition) is 2. The number of imidazole rings is 1. The van der Waals surface area contributed by atoms with Crippen LogP contribution in [-0.4, -0.2) is 37.8 Å². The third kappa shape index (κ3) is 3.38. The smallest absolute Gasteiger partial charge is 0.231 e. The van der Waals surface area contributed by atoms with Crippen LogP contribution in [0, 0.1) is 11.7 Å². The lowest BCUT2D eigenvalue weighted by Gasteiger charge is -2.15. The topological polar surface area (TPSA) is 84.3 Å². The number of pyridine rings is 1. The van der Waals surface area contributed by atoms with Crippen molar-refractivity contribution in [3.8, 4) is 16.9 Å². The van der Waals surface area contributed by atoms with E-state index in [2.05, 4.69) is 20.5 Å². The first kappa shape index (κ1) is 19.7. The van der Waals surface area contributed by atoms with Crippen LogP contribution in [0.2, 0.25) is 5.02 Å². The number of aromatic nitrogens is 4. The largest absolute Gasteiger partial charge is 0.486 e. The Balaban J connectivity index is 1.57. The first-order valence-corrected chi connectivity index (χ1v) is 10.2. The molecule has 1 amide bonds. The summed E-state index contributed by atoms with van der Waals surface area (Å²) in [7, 11) is 0. The monoisotopic (exact) mass is 445 g/mol. The van der Waals surface area contributed by atoms with Crippen LogP contribution in [0.3, 0.4) is 0 Å². The van der Waals surface area contributed by atoms with Gasteiger partial charge >= 0.3 is 0 Å². The standard InChI is InChI=1S/C21H18ClF2N5O2/c1-9(2)31-20-18(24)17(22)16(12-6-25-28-19(12)20)10-3-4-15-26-14(8-29(15)7-10)27-21(30)11-5-13(11)23/h3-4,6-9,11,13H,5H2,1-2H3,(H,25,28)(H,27,30)/t11-,13+/m1/s1. The van der Waals surface area contributed by atoms with Crippen molar-refractivity contribution in [2.45, 2.75) is 32.5 Å². The molecule has 2 atom stereocenters. The lowest BCUT2D eigenvalue weighted by Crippen LogP contribution is -2.15. The number of halogens is 3. The van der Waals surface area contributed by atoms with Crippen molar-refractivity contribution in [3.05, 3.63) is 41.6 Å². The van der Waals surface area contributed by atoms with Crippen molar-refractivity contribution in [2.75, 3.05) is 5.32 Å². The van der Waals surface area contributed by atoms with Crippen LogP contribution in [0.4, 0.5) is 14.6 Å². The van der Waals surface area contributed by atoms with Crippen molar-refractivity contribution >= 4 is 39.9 Å². The molecule has 0 unspecified atom stereocenters. The molecule has 1 saturated carbocycles. The quantitative estimate of drug-likeness (QED) is 0.464. The minimum atomic E-state index is -1.08. The zero-order valence-corrected chi connectivity index (χ0v) is 17.4. The van der Waals surface area contributed by atoms with Crippen LogP contribution in [-0.2, 0) is 4.79 Å². The van der Waals surface area contributed by atoms with Gasteiger partial charge in [-0.2, -0.15) is 5.10 Å². The molecule has 0 bridgehead atoms. The molecule has 3 heterocycles. The Bertz CT molecular complexity index is 1330. The molecule has 3 aromatic heterocycles. The highest BCUT2D eigenvalue weighted by Gasteiger charge is 2.43. The van der Waals surface area contributed by atoms with E-state index in [1.165, 1.54) is 0 Å². The molecule has 4 aromatic rings. The average Bonchev–Trinajstić information content (AvgIpc) is 3.11. The highest BCUT2D eigenvalue weighted by atomic mass is 35.5. The second-order valence-electron chi connectivity index (χ2n) is 7.81. The molecule has 1 aliphatic carbocycles. The molecule has 2 N–H and O–H groups in total. The van der Waals surface area contributed by atoms with Crippen molar-refractivity contribution in [3.63, 3.8) is 0 Å². The van der Waals surface area contributed by atoms with Crippen LogP contribution in [0.1, 0.15) is 20.3 Å². The SMILES string of the molecule is CC(C)Oc1c(F)c(Cl)c(-c2ccc3nc(NC(=O)[C@@H]4C[C@@H]4F)cn3c2)c2cn[nH]c12. The molecule has 1 aliphatic rings. The maximum atomic E-state index is 15.1. The number of aromatic amines is 1. The predicted molar refractivity (Wildman–Crippen MR) is 113 cm³/mol. The number of H-pyrrole nitrogens is 1. The lowest BCUT2D eigenvalue weighted by molar-refractivity contribution is -0.117. The number of alkyl halides is 1. The molecular formula is C21H18ClF2N5O2. The highest BCUT2D eigenvalue weighted by Crippen LogP contribution is 2.42. The Labute approximate surface area is 180 Å². The zero-order chi connectivity index (χ0) is 21.9. The maximum Gasteiger partial charge on any atom is 0.231 e. The van der Waals surface area contributed by atoms with Crippen molar-refractivity contribution in [1.29, 1.82) is 0 Å². The molecule has 0 radical (unpaired) electrons. The molecule has 7 nitrogen and oxygen atoms in total. The summed E-state index contributed by atoms with van der Waals surface area (Å²) in [4.78, 5) is 16.3. The number of anilines is 1. The molecular weight excluding hydrogens is 428 g/mol. The summed E-state index contributed by atoms with van der Waals surface area (Å²) in [6.07, 6.45) is 3.81. The van der Waals surface area contributed by atoms with Gasteiger partial charge in [0.25, 0.3) is 0 Å². The normalized spacial score (nSPS) is 18.1. The van der Waals surface area contributed by atoms with E-state index in [0.29, 0.717) is 33.5 Å². The number of amides is 1. The van der Waals surface area contributed by atoms with Gasteiger partial charge in [-0.1, -0.05) is 11.6 Å². The molecule has 31 heavy (non-hydrogen) atoms. The number of hydrogen-bond acceptors (Lipinski definition) is 4. The van der Waals surface area contributed by atoms with Gasteiger partial charge in [0.1, 0.15) is 17.3 Å². The third-order valence-corrected chi connectivity index (χ3v) is 5.50. The van der Waals surface area contributed by atoms with E-state index in [1.54, 1.807) is 49.0 Å². The van der Waals surface area contributed by atoms with Crippen molar-refractivity contribution < 1.29 is 18.3 Å². The fourth-order valence-corrected chi connectivity index (χ4v) is 3.87. The van der Waals surface area contributed by atoms with Crippen LogP contribution in [0.25, 0.3) is 27.7 Å². The molecule has 0 saturated heterocycles. The van der Waals surface area contributed by atoms with E-state index in [9.17, 15) is 9.18 Å². The number of benzene rings is 1. The average molecular weight is 446 g/mol. The van der Waals surface area contributed by atoms with Gasteiger partial charge in [-0.05, 0) is 32.4 Å². The van der Waals surface area contributed by atoms with E-state index in [0.717, 1.165) is 0 Å². The number of fused-ring (bicyclic) bond motifs is 2. The minimum absolute atomic E-state index is 0.0243.